The van der Waals surface area contributed by atoms with Crippen molar-refractivity contribution in [3.05, 3.63) is 77.9 Å². The molecular weight excluding hydrogens is 400 g/mol. The molecule has 1 N–H and O–H groups in total. The number of aromatic nitrogens is 4. The molecule has 3 heterocycles. The van der Waals surface area contributed by atoms with Crippen molar-refractivity contribution in [2.75, 3.05) is 18.0 Å². The Hall–Kier alpha value is -3.74. The quantitative estimate of drug-likeness (QED) is 0.527. The maximum Gasteiger partial charge on any atom is 0.223 e. The van der Waals surface area contributed by atoms with Crippen LogP contribution in [0.1, 0.15) is 24.0 Å². The number of carbonyl (C=O) groups excluding carboxylic acids is 1. The Morgan fingerprint density at radius 3 is 2.59 bits per heavy atom. The number of hydrogen-bond donors (Lipinski definition) is 1. The van der Waals surface area contributed by atoms with Crippen LogP contribution in [0.4, 0.5) is 5.82 Å². The first kappa shape index (κ1) is 20.2. The zero-order valence-electron chi connectivity index (χ0n) is 18.1. The first-order valence-corrected chi connectivity index (χ1v) is 11.0. The summed E-state index contributed by atoms with van der Waals surface area (Å²) in [7, 11) is 0. The van der Waals surface area contributed by atoms with Gasteiger partial charge in [0.05, 0.1) is 0 Å². The fourth-order valence-electron chi connectivity index (χ4n) is 4.21. The molecule has 1 aliphatic heterocycles. The van der Waals surface area contributed by atoms with Gasteiger partial charge in [0.15, 0.2) is 11.5 Å². The molecule has 0 atom stereocenters. The van der Waals surface area contributed by atoms with Crippen molar-refractivity contribution in [3.63, 3.8) is 0 Å². The highest BCUT2D eigenvalue weighted by molar-refractivity contribution is 5.79. The van der Waals surface area contributed by atoms with Gasteiger partial charge in [-0.3, -0.25) is 4.79 Å². The number of rotatable bonds is 5. The van der Waals surface area contributed by atoms with Gasteiger partial charge in [0.2, 0.25) is 5.91 Å². The monoisotopic (exact) mass is 426 g/mol. The van der Waals surface area contributed by atoms with E-state index >= 15 is 0 Å². The summed E-state index contributed by atoms with van der Waals surface area (Å²) in [6.07, 6.45) is 1.63. The van der Waals surface area contributed by atoms with E-state index < -0.39 is 0 Å². The number of benzene rings is 2. The Bertz CT molecular complexity index is 1230. The summed E-state index contributed by atoms with van der Waals surface area (Å²) in [5.41, 5.74) is 4.01. The van der Waals surface area contributed by atoms with Crippen molar-refractivity contribution in [1.29, 1.82) is 0 Å². The van der Waals surface area contributed by atoms with E-state index in [-0.39, 0.29) is 11.8 Å². The largest absolute Gasteiger partial charge is 0.355 e. The van der Waals surface area contributed by atoms with E-state index in [4.69, 9.17) is 5.10 Å². The lowest BCUT2D eigenvalue weighted by Crippen LogP contribution is -2.40. The minimum atomic E-state index is 0.0384. The summed E-state index contributed by atoms with van der Waals surface area (Å²) in [5.74, 6) is 1.80. The molecule has 32 heavy (non-hydrogen) atoms. The highest BCUT2D eigenvalue weighted by atomic mass is 16.1. The van der Waals surface area contributed by atoms with Crippen LogP contribution in [0.3, 0.4) is 0 Å². The van der Waals surface area contributed by atoms with Gasteiger partial charge in [-0.25, -0.2) is 0 Å². The van der Waals surface area contributed by atoms with Crippen LogP contribution >= 0.6 is 0 Å². The molecule has 5 rings (SSSR count). The highest BCUT2D eigenvalue weighted by Crippen LogP contribution is 2.24. The van der Waals surface area contributed by atoms with Crippen LogP contribution in [0, 0.1) is 12.8 Å². The molecule has 7 nitrogen and oxygen atoms in total. The molecule has 4 aromatic rings. The number of carbonyl (C=O) groups is 1. The van der Waals surface area contributed by atoms with Crippen LogP contribution in [-0.4, -0.2) is 38.8 Å². The molecule has 1 saturated heterocycles. The summed E-state index contributed by atoms with van der Waals surface area (Å²) in [6, 6.07) is 22.1. The van der Waals surface area contributed by atoms with Crippen molar-refractivity contribution in [2.24, 2.45) is 5.92 Å². The number of aryl methyl sites for hydroxylation is 1. The molecule has 1 aliphatic rings. The van der Waals surface area contributed by atoms with Gasteiger partial charge in [-0.05, 0) is 43.5 Å². The van der Waals surface area contributed by atoms with E-state index in [0.29, 0.717) is 6.54 Å². The van der Waals surface area contributed by atoms with E-state index in [0.717, 1.165) is 54.3 Å². The molecule has 7 heteroatoms. The molecule has 162 valence electrons. The maximum absolute atomic E-state index is 12.6. The molecule has 1 amide bonds. The predicted molar refractivity (Wildman–Crippen MR) is 124 cm³/mol. The molecule has 0 unspecified atom stereocenters. The van der Waals surface area contributed by atoms with Crippen LogP contribution in [0.2, 0.25) is 0 Å². The molecule has 0 radical (unpaired) electrons. The third-order valence-electron chi connectivity index (χ3n) is 6.02. The predicted octanol–water partition coefficient (Wildman–Crippen LogP) is 3.63. The fraction of sp³-hybridized carbons (Fsp3) is 0.280. The number of nitrogens with zero attached hydrogens (tertiary/aromatic N) is 5. The number of amides is 1. The third kappa shape index (κ3) is 4.19. The molecule has 0 bridgehead atoms. The highest BCUT2D eigenvalue weighted by Gasteiger charge is 2.26. The normalized spacial score (nSPS) is 14.6. The average Bonchev–Trinajstić information content (AvgIpc) is 3.27. The van der Waals surface area contributed by atoms with Gasteiger partial charge in [-0.15, -0.1) is 15.3 Å². The second kappa shape index (κ2) is 8.78. The van der Waals surface area contributed by atoms with Gasteiger partial charge in [-0.2, -0.15) is 4.52 Å². The Balaban J connectivity index is 1.26. The lowest BCUT2D eigenvalue weighted by atomic mass is 9.96. The molecule has 0 saturated carbocycles. The fourth-order valence-corrected chi connectivity index (χ4v) is 4.21. The summed E-state index contributed by atoms with van der Waals surface area (Å²) < 4.78 is 1.81. The first-order chi connectivity index (χ1) is 15.7. The summed E-state index contributed by atoms with van der Waals surface area (Å²) in [6.45, 7) is 4.23. The third-order valence-corrected chi connectivity index (χ3v) is 6.02. The van der Waals surface area contributed by atoms with Crippen molar-refractivity contribution < 1.29 is 4.79 Å². The van der Waals surface area contributed by atoms with E-state index in [2.05, 4.69) is 39.5 Å². The van der Waals surface area contributed by atoms with Crippen molar-refractivity contribution in [3.8, 4) is 11.4 Å². The number of hydrogen-bond acceptors (Lipinski definition) is 5. The van der Waals surface area contributed by atoms with Crippen LogP contribution in [0.25, 0.3) is 17.0 Å². The van der Waals surface area contributed by atoms with Crippen molar-refractivity contribution in [2.45, 2.75) is 26.3 Å². The minimum absolute atomic E-state index is 0.0384. The molecule has 2 aromatic carbocycles. The second-order valence-corrected chi connectivity index (χ2v) is 8.32. The molecule has 1 fully saturated rings. The summed E-state index contributed by atoms with van der Waals surface area (Å²) >= 11 is 0. The Kier molecular flexibility index (Phi) is 5.54. The smallest absolute Gasteiger partial charge is 0.223 e. The van der Waals surface area contributed by atoms with Crippen molar-refractivity contribution >= 4 is 17.4 Å². The van der Waals surface area contributed by atoms with Crippen LogP contribution in [-0.2, 0) is 11.3 Å². The van der Waals surface area contributed by atoms with Gasteiger partial charge >= 0.3 is 0 Å². The number of fused-ring (bicyclic) bond motifs is 1. The molecular formula is C25H26N6O. The number of nitrogens with one attached hydrogen (secondary N) is 1. The van der Waals surface area contributed by atoms with Gasteiger partial charge in [0, 0.05) is 31.1 Å². The lowest BCUT2D eigenvalue weighted by Gasteiger charge is -2.32. The van der Waals surface area contributed by atoms with Gasteiger partial charge in [0.25, 0.3) is 0 Å². The molecule has 0 aliphatic carbocycles. The number of anilines is 1. The van der Waals surface area contributed by atoms with Crippen LogP contribution in [0.5, 0.6) is 0 Å². The van der Waals surface area contributed by atoms with Gasteiger partial charge in [0.1, 0.15) is 5.82 Å². The minimum Gasteiger partial charge on any atom is -0.355 e. The topological polar surface area (TPSA) is 75.4 Å². The first-order valence-electron chi connectivity index (χ1n) is 11.0. The van der Waals surface area contributed by atoms with E-state index in [9.17, 15) is 4.79 Å². The van der Waals surface area contributed by atoms with E-state index in [1.54, 1.807) is 0 Å². The van der Waals surface area contributed by atoms with E-state index in [1.807, 2.05) is 59.1 Å². The Morgan fingerprint density at radius 1 is 1.00 bits per heavy atom. The lowest BCUT2D eigenvalue weighted by molar-refractivity contribution is -0.125. The average molecular weight is 427 g/mol. The van der Waals surface area contributed by atoms with Crippen LogP contribution < -0.4 is 10.2 Å². The molecule has 2 aromatic heterocycles. The Morgan fingerprint density at radius 2 is 1.81 bits per heavy atom. The van der Waals surface area contributed by atoms with Gasteiger partial charge in [-0.1, -0.05) is 54.1 Å². The number of piperidine rings is 1. The SMILES string of the molecule is Cc1cccc(-c2nnc3ccc(N4CCC(C(=O)NCc5ccccc5)CC4)nn23)c1. The summed E-state index contributed by atoms with van der Waals surface area (Å²) in [4.78, 5) is 14.9. The zero-order valence-corrected chi connectivity index (χ0v) is 18.1. The van der Waals surface area contributed by atoms with Gasteiger partial charge < -0.3 is 10.2 Å². The second-order valence-electron chi connectivity index (χ2n) is 8.32. The maximum atomic E-state index is 12.6. The van der Waals surface area contributed by atoms with Crippen molar-refractivity contribution in [1.82, 2.24) is 25.1 Å². The molecule has 0 spiro atoms. The Labute approximate surface area is 187 Å². The van der Waals surface area contributed by atoms with Crippen LogP contribution in [0.15, 0.2) is 66.7 Å². The zero-order chi connectivity index (χ0) is 21.9. The summed E-state index contributed by atoms with van der Waals surface area (Å²) in [5, 5.41) is 16.5. The van der Waals surface area contributed by atoms with E-state index in [1.165, 1.54) is 5.56 Å². The standard InChI is InChI=1S/C25H26N6O/c1-18-6-5-9-21(16-18)24-28-27-22-10-11-23(29-31(22)24)30-14-12-20(13-15-30)25(32)26-17-19-7-3-2-4-8-19/h2-11,16,20H,12-15,17H2,1H3,(H,26,32).